The Hall–Kier alpha value is -0.980. The van der Waals surface area contributed by atoms with Gasteiger partial charge in [-0.1, -0.05) is 39.0 Å². The van der Waals surface area contributed by atoms with Gasteiger partial charge in [-0.25, -0.2) is 0 Å². The lowest BCUT2D eigenvalue weighted by molar-refractivity contribution is 1.14. The molecule has 0 radical (unpaired) electrons. The van der Waals surface area contributed by atoms with E-state index in [1.165, 1.54) is 11.1 Å². The molecule has 1 rings (SSSR count). The minimum absolute atomic E-state index is 0.949. The molecular formula is C11H19N. The van der Waals surface area contributed by atoms with Crippen molar-refractivity contribution in [1.29, 1.82) is 0 Å². The maximum atomic E-state index is 5.79. The van der Waals surface area contributed by atoms with Gasteiger partial charge in [0, 0.05) is 5.69 Å². The summed E-state index contributed by atoms with van der Waals surface area (Å²) < 4.78 is 0. The number of hydrogen-bond acceptors (Lipinski definition) is 1. The lowest BCUT2D eigenvalue weighted by atomic mass is 10.1. The van der Waals surface area contributed by atoms with E-state index >= 15 is 0 Å². The quantitative estimate of drug-likeness (QED) is 0.635. The van der Waals surface area contributed by atoms with Crippen molar-refractivity contribution >= 4 is 5.69 Å². The maximum Gasteiger partial charge on any atom is 0.0376 e. The van der Waals surface area contributed by atoms with Crippen molar-refractivity contribution in [2.24, 2.45) is 0 Å². The topological polar surface area (TPSA) is 26.0 Å². The summed E-state index contributed by atoms with van der Waals surface area (Å²) in [6, 6.07) is 6.15. The van der Waals surface area contributed by atoms with Gasteiger partial charge in [-0.2, -0.15) is 0 Å². The van der Waals surface area contributed by atoms with Crippen molar-refractivity contribution in [2.75, 3.05) is 5.73 Å². The van der Waals surface area contributed by atoms with E-state index in [-0.39, 0.29) is 0 Å². The van der Waals surface area contributed by atoms with E-state index in [0.29, 0.717) is 0 Å². The fraction of sp³-hybridized carbons (Fsp3) is 0.455. The summed E-state index contributed by atoms with van der Waals surface area (Å²) in [4.78, 5) is 0. The van der Waals surface area contributed by atoms with Crippen LogP contribution in [0.4, 0.5) is 5.69 Å². The number of nitrogen functional groups attached to an aromatic ring is 1. The number of rotatable bonds is 1. The molecule has 0 bridgehead atoms. The Morgan fingerprint density at radius 2 is 1.83 bits per heavy atom. The van der Waals surface area contributed by atoms with Crippen LogP contribution in [0.3, 0.4) is 0 Å². The second kappa shape index (κ2) is 5.64. The van der Waals surface area contributed by atoms with Gasteiger partial charge in [0.15, 0.2) is 0 Å². The molecule has 0 heterocycles. The predicted octanol–water partition coefficient (Wildman–Crippen LogP) is 3.17. The van der Waals surface area contributed by atoms with E-state index in [1.807, 2.05) is 32.9 Å². The summed E-state index contributed by atoms with van der Waals surface area (Å²) in [6.45, 7) is 8.15. The Labute approximate surface area is 75.6 Å². The highest BCUT2D eigenvalue weighted by molar-refractivity contribution is 5.52. The van der Waals surface area contributed by atoms with E-state index in [1.54, 1.807) is 0 Å². The second-order valence-electron chi connectivity index (χ2n) is 2.50. The van der Waals surface area contributed by atoms with Crippen LogP contribution in [-0.4, -0.2) is 0 Å². The van der Waals surface area contributed by atoms with Gasteiger partial charge in [0.1, 0.15) is 0 Å². The molecule has 0 fully saturated rings. The second-order valence-corrected chi connectivity index (χ2v) is 2.50. The third-order valence-corrected chi connectivity index (χ3v) is 1.80. The first-order valence-corrected chi connectivity index (χ1v) is 4.59. The SMILES string of the molecule is CC.CCc1cccc(C)c1N. The van der Waals surface area contributed by atoms with Gasteiger partial charge in [0.2, 0.25) is 0 Å². The molecule has 2 N–H and O–H groups in total. The van der Waals surface area contributed by atoms with Gasteiger partial charge < -0.3 is 5.73 Å². The van der Waals surface area contributed by atoms with Crippen LogP contribution in [-0.2, 0) is 6.42 Å². The minimum Gasteiger partial charge on any atom is -0.398 e. The van der Waals surface area contributed by atoms with Crippen molar-refractivity contribution in [2.45, 2.75) is 34.1 Å². The van der Waals surface area contributed by atoms with Crippen LogP contribution in [0.15, 0.2) is 18.2 Å². The molecule has 1 aromatic carbocycles. The first-order chi connectivity index (χ1) is 5.75. The molecule has 0 unspecified atom stereocenters. The number of anilines is 1. The average Bonchev–Trinajstić information content (AvgIpc) is 2.13. The third kappa shape index (κ3) is 2.57. The number of benzene rings is 1. The van der Waals surface area contributed by atoms with Crippen molar-refractivity contribution in [3.63, 3.8) is 0 Å². The van der Waals surface area contributed by atoms with Crippen LogP contribution < -0.4 is 5.73 Å². The summed E-state index contributed by atoms with van der Waals surface area (Å²) in [6.07, 6.45) is 1.02. The fourth-order valence-electron chi connectivity index (χ4n) is 1.05. The normalized spacial score (nSPS) is 8.67. The number of para-hydroxylation sites is 1. The standard InChI is InChI=1S/C9H13N.C2H6/c1-3-8-6-4-5-7(2)9(8)10;1-2/h4-6H,3,10H2,1-2H3;1-2H3. The number of nitrogens with two attached hydrogens (primary N) is 1. The first-order valence-electron chi connectivity index (χ1n) is 4.59. The van der Waals surface area contributed by atoms with Crippen molar-refractivity contribution < 1.29 is 0 Å². The molecule has 0 saturated heterocycles. The van der Waals surface area contributed by atoms with E-state index in [0.717, 1.165) is 12.1 Å². The first kappa shape index (κ1) is 11.0. The highest BCUT2D eigenvalue weighted by Gasteiger charge is 1.96. The van der Waals surface area contributed by atoms with Crippen LogP contribution in [0.25, 0.3) is 0 Å². The Balaban J connectivity index is 0.000000561. The Kier molecular flexibility index (Phi) is 5.18. The Morgan fingerprint density at radius 1 is 1.25 bits per heavy atom. The summed E-state index contributed by atoms with van der Waals surface area (Å²) in [7, 11) is 0. The average molecular weight is 165 g/mol. The number of aryl methyl sites for hydroxylation is 2. The van der Waals surface area contributed by atoms with Gasteiger partial charge in [-0.05, 0) is 24.5 Å². The maximum absolute atomic E-state index is 5.79. The molecule has 0 aromatic heterocycles. The zero-order valence-electron chi connectivity index (χ0n) is 8.52. The van der Waals surface area contributed by atoms with Crippen LogP contribution in [0, 0.1) is 6.92 Å². The zero-order chi connectivity index (χ0) is 9.56. The predicted molar refractivity (Wildman–Crippen MR) is 56.3 cm³/mol. The largest absolute Gasteiger partial charge is 0.398 e. The smallest absolute Gasteiger partial charge is 0.0376 e. The van der Waals surface area contributed by atoms with Gasteiger partial charge in [-0.15, -0.1) is 0 Å². The van der Waals surface area contributed by atoms with Gasteiger partial charge >= 0.3 is 0 Å². The lowest BCUT2D eigenvalue weighted by Gasteiger charge is -2.04. The van der Waals surface area contributed by atoms with Crippen LogP contribution in [0.5, 0.6) is 0 Å². The molecule has 1 heteroatoms. The monoisotopic (exact) mass is 165 g/mol. The third-order valence-electron chi connectivity index (χ3n) is 1.80. The van der Waals surface area contributed by atoms with E-state index < -0.39 is 0 Å². The van der Waals surface area contributed by atoms with Crippen molar-refractivity contribution in [3.8, 4) is 0 Å². The van der Waals surface area contributed by atoms with Crippen molar-refractivity contribution in [1.82, 2.24) is 0 Å². The number of hydrogen-bond donors (Lipinski definition) is 1. The van der Waals surface area contributed by atoms with E-state index in [4.69, 9.17) is 5.73 Å². The van der Waals surface area contributed by atoms with Crippen LogP contribution >= 0.6 is 0 Å². The fourth-order valence-corrected chi connectivity index (χ4v) is 1.05. The minimum atomic E-state index is 0.949. The summed E-state index contributed by atoms with van der Waals surface area (Å²) >= 11 is 0. The molecule has 1 aromatic rings. The van der Waals surface area contributed by atoms with Gasteiger partial charge in [0.25, 0.3) is 0 Å². The molecule has 1 nitrogen and oxygen atoms in total. The summed E-state index contributed by atoms with van der Waals surface area (Å²) in [5.41, 5.74) is 9.17. The molecular weight excluding hydrogens is 146 g/mol. The summed E-state index contributed by atoms with van der Waals surface area (Å²) in [5, 5.41) is 0. The van der Waals surface area contributed by atoms with Gasteiger partial charge in [-0.3, -0.25) is 0 Å². The van der Waals surface area contributed by atoms with E-state index in [9.17, 15) is 0 Å². The van der Waals surface area contributed by atoms with Crippen LogP contribution in [0.1, 0.15) is 31.9 Å². The Morgan fingerprint density at radius 3 is 2.25 bits per heavy atom. The molecule has 0 aliphatic rings. The molecule has 0 saturated carbocycles. The molecule has 0 aliphatic heterocycles. The molecule has 12 heavy (non-hydrogen) atoms. The van der Waals surface area contributed by atoms with E-state index in [2.05, 4.69) is 13.0 Å². The summed E-state index contributed by atoms with van der Waals surface area (Å²) in [5.74, 6) is 0. The highest BCUT2D eigenvalue weighted by Crippen LogP contribution is 2.15. The zero-order valence-corrected chi connectivity index (χ0v) is 8.52. The lowest BCUT2D eigenvalue weighted by Crippen LogP contribution is -1.94. The van der Waals surface area contributed by atoms with Gasteiger partial charge in [0.05, 0.1) is 0 Å². The Bertz CT molecular complexity index is 228. The molecule has 0 atom stereocenters. The molecule has 0 aliphatic carbocycles. The van der Waals surface area contributed by atoms with Crippen molar-refractivity contribution in [3.05, 3.63) is 29.3 Å². The van der Waals surface area contributed by atoms with Crippen LogP contribution in [0.2, 0.25) is 0 Å². The molecule has 68 valence electrons. The molecule has 0 spiro atoms. The molecule has 0 amide bonds. The highest BCUT2D eigenvalue weighted by atomic mass is 14.6.